The summed E-state index contributed by atoms with van der Waals surface area (Å²) in [6.07, 6.45) is 3.21. The van der Waals surface area contributed by atoms with Crippen molar-refractivity contribution in [1.29, 1.82) is 0 Å². The van der Waals surface area contributed by atoms with Crippen LogP contribution in [0, 0.1) is 6.92 Å². The van der Waals surface area contributed by atoms with Crippen LogP contribution in [-0.4, -0.2) is 18.9 Å². The normalized spacial score (nSPS) is 13.6. The minimum absolute atomic E-state index is 0.268. The molecule has 1 aliphatic rings. The lowest BCUT2D eigenvalue weighted by Gasteiger charge is -2.16. The summed E-state index contributed by atoms with van der Waals surface area (Å²) in [5.74, 6) is -0.0301. The maximum atomic E-state index is 13.6. The lowest BCUT2D eigenvalue weighted by atomic mass is 10.0. The lowest BCUT2D eigenvalue weighted by molar-refractivity contribution is -0.120. The fourth-order valence-electron chi connectivity index (χ4n) is 3.88. The van der Waals surface area contributed by atoms with Crippen molar-refractivity contribution in [3.8, 4) is 5.75 Å². The number of imide groups is 1. The Morgan fingerprint density at radius 3 is 2.12 bits per heavy atom. The van der Waals surface area contributed by atoms with Crippen molar-refractivity contribution in [2.75, 3.05) is 17.3 Å². The van der Waals surface area contributed by atoms with Crippen molar-refractivity contribution in [2.24, 2.45) is 0 Å². The summed E-state index contributed by atoms with van der Waals surface area (Å²) in [5, 5.41) is 3.20. The second kappa shape index (κ2) is 9.74. The minimum atomic E-state index is -0.368. The van der Waals surface area contributed by atoms with E-state index in [-0.39, 0.29) is 17.5 Å². The Morgan fingerprint density at radius 1 is 0.848 bits per heavy atom. The van der Waals surface area contributed by atoms with E-state index in [1.807, 2.05) is 55.5 Å². The number of benzene rings is 3. The number of aryl methyl sites for hydroxylation is 2. The number of unbranched alkanes of at least 4 members (excludes halogenated alkanes) is 1. The summed E-state index contributed by atoms with van der Waals surface area (Å²) in [5.41, 5.74) is 4.90. The van der Waals surface area contributed by atoms with E-state index in [4.69, 9.17) is 4.74 Å². The molecule has 33 heavy (non-hydrogen) atoms. The zero-order valence-corrected chi connectivity index (χ0v) is 19.2. The summed E-state index contributed by atoms with van der Waals surface area (Å²) < 4.78 is 5.25. The van der Waals surface area contributed by atoms with Gasteiger partial charge in [-0.3, -0.25) is 9.59 Å². The molecule has 5 nitrogen and oxygen atoms in total. The highest BCUT2D eigenvalue weighted by Gasteiger charge is 2.40. The van der Waals surface area contributed by atoms with Crippen LogP contribution >= 0.6 is 0 Å². The number of ether oxygens (including phenoxy) is 1. The van der Waals surface area contributed by atoms with Crippen LogP contribution in [0.25, 0.3) is 5.57 Å². The summed E-state index contributed by atoms with van der Waals surface area (Å²) in [6, 6.07) is 22.6. The molecule has 5 heteroatoms. The number of methoxy groups -OCH3 is 1. The fraction of sp³-hybridized carbons (Fsp3) is 0.214. The third-order valence-electron chi connectivity index (χ3n) is 5.80. The van der Waals surface area contributed by atoms with Gasteiger partial charge in [0.1, 0.15) is 11.4 Å². The highest BCUT2D eigenvalue weighted by Crippen LogP contribution is 2.34. The molecule has 0 aliphatic carbocycles. The number of anilines is 2. The number of nitrogens with one attached hydrogen (secondary N) is 1. The van der Waals surface area contributed by atoms with Gasteiger partial charge in [-0.05, 0) is 67.3 Å². The number of amides is 2. The molecule has 3 aromatic carbocycles. The van der Waals surface area contributed by atoms with Crippen molar-refractivity contribution < 1.29 is 14.3 Å². The molecule has 0 spiro atoms. The third kappa shape index (κ3) is 4.67. The molecule has 1 heterocycles. The number of hydrogen-bond acceptors (Lipinski definition) is 4. The van der Waals surface area contributed by atoms with Gasteiger partial charge in [0.25, 0.3) is 11.8 Å². The number of hydrogen-bond donors (Lipinski definition) is 1. The zero-order valence-electron chi connectivity index (χ0n) is 19.2. The molecule has 0 aromatic heterocycles. The number of carbonyl (C=O) groups is 2. The Balaban J connectivity index is 1.72. The average molecular weight is 441 g/mol. The Morgan fingerprint density at radius 2 is 1.52 bits per heavy atom. The predicted octanol–water partition coefficient (Wildman–Crippen LogP) is 5.74. The second-order valence-electron chi connectivity index (χ2n) is 8.19. The van der Waals surface area contributed by atoms with E-state index in [1.165, 1.54) is 10.5 Å². The van der Waals surface area contributed by atoms with Crippen LogP contribution in [-0.2, 0) is 16.0 Å². The summed E-state index contributed by atoms with van der Waals surface area (Å²) in [6.45, 7) is 4.16. The SMILES string of the molecule is CCCCc1ccc(N2C(=O)C(Nc3ccc(C)cc3)=C(c3ccc(OC)cc3)C2=O)cc1. The molecule has 3 aromatic rings. The van der Waals surface area contributed by atoms with Crippen molar-refractivity contribution in [2.45, 2.75) is 33.1 Å². The molecule has 0 radical (unpaired) electrons. The number of rotatable bonds is 8. The number of carbonyl (C=O) groups excluding carboxylic acids is 2. The molecular formula is C28H28N2O3. The van der Waals surface area contributed by atoms with Crippen LogP contribution in [0.5, 0.6) is 5.75 Å². The molecule has 0 fully saturated rings. The van der Waals surface area contributed by atoms with Crippen molar-refractivity contribution in [3.63, 3.8) is 0 Å². The predicted molar refractivity (Wildman–Crippen MR) is 132 cm³/mol. The van der Waals surface area contributed by atoms with Crippen LogP contribution in [0.3, 0.4) is 0 Å². The molecule has 1 aliphatic heterocycles. The largest absolute Gasteiger partial charge is 0.497 e. The molecule has 0 atom stereocenters. The zero-order chi connectivity index (χ0) is 23.4. The van der Waals surface area contributed by atoms with Gasteiger partial charge in [0.15, 0.2) is 0 Å². The van der Waals surface area contributed by atoms with Gasteiger partial charge in [0, 0.05) is 5.69 Å². The standard InChI is InChI=1S/C28H28N2O3/c1-4-5-6-20-9-15-23(16-10-20)30-27(31)25(21-11-17-24(33-3)18-12-21)26(28(30)32)29-22-13-7-19(2)8-14-22/h7-18,29H,4-6H2,1-3H3. The van der Waals surface area contributed by atoms with Gasteiger partial charge in [0.2, 0.25) is 0 Å². The molecule has 0 bridgehead atoms. The highest BCUT2D eigenvalue weighted by molar-refractivity contribution is 6.46. The van der Waals surface area contributed by atoms with E-state index in [1.54, 1.807) is 31.4 Å². The molecule has 0 unspecified atom stereocenters. The second-order valence-corrected chi connectivity index (χ2v) is 8.19. The van der Waals surface area contributed by atoms with Crippen LogP contribution in [0.4, 0.5) is 11.4 Å². The Kier molecular flexibility index (Phi) is 6.59. The monoisotopic (exact) mass is 440 g/mol. The Bertz CT molecular complexity index is 1180. The molecule has 0 saturated carbocycles. The van der Waals surface area contributed by atoms with E-state index in [0.717, 1.165) is 30.5 Å². The first-order valence-corrected chi connectivity index (χ1v) is 11.2. The highest BCUT2D eigenvalue weighted by atomic mass is 16.5. The molecule has 1 N–H and O–H groups in total. The van der Waals surface area contributed by atoms with Gasteiger partial charge < -0.3 is 10.1 Å². The quantitative estimate of drug-likeness (QED) is 0.454. The van der Waals surface area contributed by atoms with E-state index >= 15 is 0 Å². The smallest absolute Gasteiger partial charge is 0.282 e. The van der Waals surface area contributed by atoms with E-state index in [9.17, 15) is 9.59 Å². The Labute approximate surface area is 194 Å². The summed E-state index contributed by atoms with van der Waals surface area (Å²) in [4.78, 5) is 28.3. The first-order chi connectivity index (χ1) is 16.0. The maximum absolute atomic E-state index is 13.6. The van der Waals surface area contributed by atoms with Gasteiger partial charge in [-0.15, -0.1) is 0 Å². The Hall–Kier alpha value is -3.86. The molecule has 0 saturated heterocycles. The topological polar surface area (TPSA) is 58.6 Å². The fourth-order valence-corrected chi connectivity index (χ4v) is 3.88. The van der Waals surface area contributed by atoms with Crippen molar-refractivity contribution in [1.82, 2.24) is 0 Å². The number of nitrogens with zero attached hydrogens (tertiary/aromatic N) is 1. The summed E-state index contributed by atoms with van der Waals surface area (Å²) in [7, 11) is 1.59. The minimum Gasteiger partial charge on any atom is -0.497 e. The molecule has 4 rings (SSSR count). The van der Waals surface area contributed by atoms with Gasteiger partial charge in [-0.25, -0.2) is 4.90 Å². The van der Waals surface area contributed by atoms with E-state index < -0.39 is 0 Å². The van der Waals surface area contributed by atoms with Crippen molar-refractivity contribution >= 4 is 28.8 Å². The molecule has 168 valence electrons. The van der Waals surface area contributed by atoms with E-state index in [0.29, 0.717) is 22.6 Å². The van der Waals surface area contributed by atoms with Gasteiger partial charge in [-0.1, -0.05) is 55.3 Å². The summed E-state index contributed by atoms with van der Waals surface area (Å²) >= 11 is 0. The van der Waals surface area contributed by atoms with Gasteiger partial charge in [0.05, 0.1) is 18.4 Å². The van der Waals surface area contributed by atoms with Crippen LogP contribution in [0.1, 0.15) is 36.5 Å². The van der Waals surface area contributed by atoms with Crippen LogP contribution in [0.15, 0.2) is 78.5 Å². The maximum Gasteiger partial charge on any atom is 0.282 e. The van der Waals surface area contributed by atoms with Gasteiger partial charge in [-0.2, -0.15) is 0 Å². The van der Waals surface area contributed by atoms with Crippen LogP contribution in [0.2, 0.25) is 0 Å². The first-order valence-electron chi connectivity index (χ1n) is 11.2. The average Bonchev–Trinajstić information content (AvgIpc) is 3.08. The molecule has 2 amide bonds. The lowest BCUT2D eigenvalue weighted by Crippen LogP contribution is -2.32. The van der Waals surface area contributed by atoms with Gasteiger partial charge >= 0.3 is 0 Å². The third-order valence-corrected chi connectivity index (χ3v) is 5.80. The molecular weight excluding hydrogens is 412 g/mol. The van der Waals surface area contributed by atoms with E-state index in [2.05, 4.69) is 12.2 Å². The van der Waals surface area contributed by atoms with Crippen molar-refractivity contribution in [3.05, 3.63) is 95.2 Å². The van der Waals surface area contributed by atoms with Crippen LogP contribution < -0.4 is 15.0 Å². The first kappa shape index (κ1) is 22.3.